The highest BCUT2D eigenvalue weighted by Crippen LogP contribution is 2.04. The van der Waals surface area contributed by atoms with Gasteiger partial charge in [-0.15, -0.1) is 0 Å². The van der Waals surface area contributed by atoms with Crippen LogP contribution in [-0.4, -0.2) is 10.2 Å². The van der Waals surface area contributed by atoms with Crippen molar-refractivity contribution in [2.75, 3.05) is 0 Å². The molecular formula is C8H12O2. The first-order valence-corrected chi connectivity index (χ1v) is 2.99. The molecule has 2 nitrogen and oxygen atoms in total. The van der Waals surface area contributed by atoms with Crippen molar-refractivity contribution in [1.29, 1.82) is 0 Å². The van der Waals surface area contributed by atoms with Gasteiger partial charge in [0.2, 0.25) is 0 Å². The normalized spacial score (nSPS) is 13.4. The Hall–Kier alpha value is -1.18. The zero-order chi connectivity index (χ0) is 8.15. The van der Waals surface area contributed by atoms with Gasteiger partial charge in [-0.25, -0.2) is 0 Å². The molecule has 0 rings (SSSR count). The van der Waals surface area contributed by atoms with Crippen LogP contribution in [0.4, 0.5) is 0 Å². The Kier molecular flexibility index (Phi) is 3.33. The lowest BCUT2D eigenvalue weighted by molar-refractivity contribution is 0.326. The van der Waals surface area contributed by atoms with Gasteiger partial charge in [0.1, 0.15) is 0 Å². The Bertz CT molecular complexity index is 187. The molecule has 0 amide bonds. The molecule has 0 aliphatic heterocycles. The minimum atomic E-state index is -0.144. The van der Waals surface area contributed by atoms with E-state index in [1.165, 1.54) is 12.2 Å². The molecule has 0 radical (unpaired) electrons. The van der Waals surface area contributed by atoms with Crippen molar-refractivity contribution in [2.45, 2.75) is 13.8 Å². The fourth-order valence-corrected chi connectivity index (χ4v) is 0.455. The molecule has 2 N–H and O–H groups in total. The molecule has 0 spiro atoms. The lowest BCUT2D eigenvalue weighted by Crippen LogP contribution is -1.85. The maximum absolute atomic E-state index is 8.97. The summed E-state index contributed by atoms with van der Waals surface area (Å²) in [5, 5.41) is 17.8. The molecule has 0 aromatic carbocycles. The van der Waals surface area contributed by atoms with E-state index in [2.05, 4.69) is 6.58 Å². The average molecular weight is 140 g/mol. The van der Waals surface area contributed by atoms with Gasteiger partial charge < -0.3 is 10.2 Å². The van der Waals surface area contributed by atoms with Crippen molar-refractivity contribution in [3.8, 4) is 0 Å². The number of allylic oxidation sites excluding steroid dienone is 3. The maximum Gasteiger partial charge on any atom is 0.157 e. The summed E-state index contributed by atoms with van der Waals surface area (Å²) >= 11 is 0. The minimum Gasteiger partial charge on any atom is -0.504 e. The van der Waals surface area contributed by atoms with Crippen LogP contribution in [0.2, 0.25) is 0 Å². The number of hydrogen-bond acceptors (Lipinski definition) is 2. The van der Waals surface area contributed by atoms with Gasteiger partial charge in [0.15, 0.2) is 11.5 Å². The Labute approximate surface area is 60.8 Å². The van der Waals surface area contributed by atoms with E-state index < -0.39 is 0 Å². The molecule has 0 heterocycles. The summed E-state index contributed by atoms with van der Waals surface area (Å²) in [7, 11) is 0. The van der Waals surface area contributed by atoms with E-state index >= 15 is 0 Å². The van der Waals surface area contributed by atoms with Crippen LogP contribution in [-0.2, 0) is 0 Å². The Morgan fingerprint density at radius 2 is 1.80 bits per heavy atom. The molecule has 0 saturated heterocycles. The number of aliphatic hydroxyl groups excluding tert-OH is 2. The summed E-state index contributed by atoms with van der Waals surface area (Å²) in [5.41, 5.74) is 0.700. The highest BCUT2D eigenvalue weighted by atomic mass is 16.3. The van der Waals surface area contributed by atoms with E-state index in [1.54, 1.807) is 13.8 Å². The van der Waals surface area contributed by atoms with Crippen molar-refractivity contribution in [1.82, 2.24) is 0 Å². The van der Waals surface area contributed by atoms with Gasteiger partial charge >= 0.3 is 0 Å². The highest BCUT2D eigenvalue weighted by Gasteiger charge is 1.95. The largest absolute Gasteiger partial charge is 0.504 e. The molecule has 0 aromatic rings. The quantitative estimate of drug-likeness (QED) is 0.457. The predicted octanol–water partition coefficient (Wildman–Crippen LogP) is 2.47. The summed E-state index contributed by atoms with van der Waals surface area (Å²) in [6, 6.07) is 0. The van der Waals surface area contributed by atoms with E-state index in [4.69, 9.17) is 10.2 Å². The molecule has 10 heavy (non-hydrogen) atoms. The van der Waals surface area contributed by atoms with Gasteiger partial charge in [0.05, 0.1) is 0 Å². The first-order chi connectivity index (χ1) is 4.57. The van der Waals surface area contributed by atoms with Gasteiger partial charge in [0.25, 0.3) is 0 Å². The van der Waals surface area contributed by atoms with Crippen LogP contribution in [0.5, 0.6) is 0 Å². The smallest absolute Gasteiger partial charge is 0.157 e. The SMILES string of the molecule is C=C(C)/C=C(O)\C(O)=C/C. The molecule has 0 atom stereocenters. The lowest BCUT2D eigenvalue weighted by atomic mass is 10.2. The number of hydrogen-bond donors (Lipinski definition) is 2. The molecule has 0 saturated carbocycles. The molecule has 0 aliphatic rings. The Balaban J connectivity index is 4.35. The fraction of sp³-hybridized carbons (Fsp3) is 0.250. The Morgan fingerprint density at radius 1 is 1.30 bits per heavy atom. The Morgan fingerprint density at radius 3 is 2.10 bits per heavy atom. The van der Waals surface area contributed by atoms with Crippen LogP contribution >= 0.6 is 0 Å². The third-order valence-electron chi connectivity index (χ3n) is 0.919. The summed E-state index contributed by atoms with van der Waals surface area (Å²) in [6.45, 7) is 6.91. The lowest BCUT2D eigenvalue weighted by Gasteiger charge is -1.95. The third kappa shape index (κ3) is 2.97. The molecule has 2 heteroatoms. The van der Waals surface area contributed by atoms with Gasteiger partial charge in [0, 0.05) is 0 Å². The van der Waals surface area contributed by atoms with Crippen LogP contribution in [0, 0.1) is 0 Å². The van der Waals surface area contributed by atoms with Crippen molar-refractivity contribution in [3.05, 3.63) is 35.8 Å². The number of rotatable bonds is 2. The monoisotopic (exact) mass is 140 g/mol. The van der Waals surface area contributed by atoms with E-state index in [0.29, 0.717) is 5.57 Å². The second kappa shape index (κ2) is 3.77. The summed E-state index contributed by atoms with van der Waals surface area (Å²) in [6.07, 6.45) is 2.81. The second-order valence-corrected chi connectivity index (χ2v) is 2.05. The topological polar surface area (TPSA) is 40.5 Å². The summed E-state index contributed by atoms with van der Waals surface area (Å²) in [5.74, 6) is -0.266. The molecule has 0 fully saturated rings. The van der Waals surface area contributed by atoms with Crippen LogP contribution in [0.25, 0.3) is 0 Å². The highest BCUT2D eigenvalue weighted by molar-refractivity contribution is 5.25. The van der Waals surface area contributed by atoms with Crippen molar-refractivity contribution >= 4 is 0 Å². The predicted molar refractivity (Wildman–Crippen MR) is 41.9 cm³/mol. The molecule has 56 valence electrons. The van der Waals surface area contributed by atoms with Gasteiger partial charge in [-0.05, 0) is 26.0 Å². The van der Waals surface area contributed by atoms with Crippen molar-refractivity contribution in [3.63, 3.8) is 0 Å². The van der Waals surface area contributed by atoms with Crippen molar-refractivity contribution < 1.29 is 10.2 Å². The molecule has 0 aliphatic carbocycles. The van der Waals surface area contributed by atoms with Crippen molar-refractivity contribution in [2.24, 2.45) is 0 Å². The first kappa shape index (κ1) is 8.82. The molecule has 0 bridgehead atoms. The van der Waals surface area contributed by atoms with Gasteiger partial charge in [-0.3, -0.25) is 0 Å². The zero-order valence-electron chi connectivity index (χ0n) is 6.26. The fourth-order valence-electron chi connectivity index (χ4n) is 0.455. The standard InChI is InChI=1S/C8H12O2/c1-4-7(9)8(10)5-6(2)3/h4-5,9-10H,2H2,1,3H3/b7-4+,8-5+. The molecule has 0 aromatic heterocycles. The van der Waals surface area contributed by atoms with E-state index in [0.717, 1.165) is 0 Å². The zero-order valence-corrected chi connectivity index (χ0v) is 6.26. The minimum absolute atomic E-state index is 0.122. The maximum atomic E-state index is 8.97. The third-order valence-corrected chi connectivity index (χ3v) is 0.919. The van der Waals surface area contributed by atoms with E-state index in [9.17, 15) is 0 Å². The van der Waals surface area contributed by atoms with Crippen LogP contribution < -0.4 is 0 Å². The van der Waals surface area contributed by atoms with E-state index in [-0.39, 0.29) is 11.5 Å². The van der Waals surface area contributed by atoms with E-state index in [1.807, 2.05) is 0 Å². The summed E-state index contributed by atoms with van der Waals surface area (Å²) < 4.78 is 0. The van der Waals surface area contributed by atoms with Crippen LogP contribution in [0.1, 0.15) is 13.8 Å². The average Bonchev–Trinajstić information content (AvgIpc) is 1.85. The van der Waals surface area contributed by atoms with Gasteiger partial charge in [-0.2, -0.15) is 0 Å². The summed E-state index contributed by atoms with van der Waals surface area (Å²) in [4.78, 5) is 0. The molecular weight excluding hydrogens is 128 g/mol. The number of aliphatic hydroxyl groups is 2. The first-order valence-electron chi connectivity index (χ1n) is 2.99. The van der Waals surface area contributed by atoms with Gasteiger partial charge in [-0.1, -0.05) is 12.2 Å². The van der Waals surface area contributed by atoms with Crippen LogP contribution in [0.15, 0.2) is 35.8 Å². The molecule has 0 unspecified atom stereocenters. The van der Waals surface area contributed by atoms with Crippen LogP contribution in [0.3, 0.4) is 0 Å². The second-order valence-electron chi connectivity index (χ2n) is 2.05.